The van der Waals surface area contributed by atoms with Crippen molar-refractivity contribution in [2.24, 2.45) is 0 Å². The highest BCUT2D eigenvalue weighted by Gasteiger charge is 2.18. The fourth-order valence-corrected chi connectivity index (χ4v) is 5.33. The Bertz CT molecular complexity index is 2260. The molecular weight excluding hydrogens is 574 g/mol. The van der Waals surface area contributed by atoms with Crippen LogP contribution in [-0.4, -0.2) is 43.8 Å². The lowest BCUT2D eigenvalue weighted by atomic mass is 10.1. The van der Waals surface area contributed by atoms with Gasteiger partial charge in [0, 0.05) is 22.7 Å². The van der Waals surface area contributed by atoms with Crippen molar-refractivity contribution in [1.29, 1.82) is 0 Å². The number of hydrogen-bond donors (Lipinski definition) is 7. The van der Waals surface area contributed by atoms with Gasteiger partial charge in [-0.3, -0.25) is 9.35 Å². The number of hydrogen-bond acceptors (Lipinski definition) is 10. The van der Waals surface area contributed by atoms with Crippen LogP contribution in [0.5, 0.6) is 0 Å². The van der Waals surface area contributed by atoms with E-state index in [1.54, 1.807) is 54.6 Å². The molecule has 0 unspecified atom stereocenters. The number of imidazole rings is 1. The van der Waals surface area contributed by atoms with E-state index < -0.39 is 10.1 Å². The zero-order chi connectivity index (χ0) is 29.7. The Morgan fingerprint density at radius 3 is 1.98 bits per heavy atom. The van der Waals surface area contributed by atoms with Crippen molar-refractivity contribution in [1.82, 2.24) is 24.9 Å². The maximum Gasteiger partial charge on any atom is 0.323 e. The van der Waals surface area contributed by atoms with Gasteiger partial charge < -0.3 is 31.2 Å². The summed E-state index contributed by atoms with van der Waals surface area (Å²) in [5.41, 5.74) is 4.45. The summed E-state index contributed by atoms with van der Waals surface area (Å²) >= 11 is 0. The van der Waals surface area contributed by atoms with Gasteiger partial charge in [-0.1, -0.05) is 12.1 Å². The van der Waals surface area contributed by atoms with Crippen LogP contribution < -0.4 is 27.0 Å². The lowest BCUT2D eigenvalue weighted by Gasteiger charge is -2.12. The molecule has 0 atom stereocenters. The summed E-state index contributed by atoms with van der Waals surface area (Å²) < 4.78 is 32.4. The zero-order valence-electron chi connectivity index (χ0n) is 22.0. The van der Waals surface area contributed by atoms with E-state index in [0.717, 1.165) is 16.6 Å². The van der Waals surface area contributed by atoms with Crippen LogP contribution in [0.3, 0.4) is 0 Å². The number of carbonyl (C=O) groups is 1. The van der Waals surface area contributed by atoms with Crippen LogP contribution in [0.1, 0.15) is 5.56 Å². The Hall–Kier alpha value is -5.80. The normalized spacial score (nSPS) is 12.7. The van der Waals surface area contributed by atoms with Crippen molar-refractivity contribution >= 4 is 78.4 Å². The van der Waals surface area contributed by atoms with Crippen molar-refractivity contribution in [3.63, 3.8) is 0 Å². The number of benzene rings is 4. The second-order valence-electron chi connectivity index (χ2n) is 9.82. The minimum Gasteiger partial charge on any atom is -0.326 e. The van der Waals surface area contributed by atoms with Gasteiger partial charge in [0.25, 0.3) is 10.1 Å². The van der Waals surface area contributed by atoms with Gasteiger partial charge in [-0.15, -0.1) is 0 Å². The lowest BCUT2D eigenvalue weighted by Crippen LogP contribution is -2.07. The molecule has 15 heteroatoms. The molecule has 0 spiro atoms. The van der Waals surface area contributed by atoms with E-state index in [2.05, 4.69) is 46.2 Å². The van der Waals surface area contributed by atoms with Gasteiger partial charge in [0.15, 0.2) is 0 Å². The predicted molar refractivity (Wildman–Crippen MR) is 161 cm³/mol. The smallest absolute Gasteiger partial charge is 0.323 e. The number of H-pyrrole nitrogens is 2. The molecule has 0 radical (unpaired) electrons. The van der Waals surface area contributed by atoms with Crippen LogP contribution in [0.25, 0.3) is 21.8 Å². The first-order chi connectivity index (χ1) is 20.6. The van der Waals surface area contributed by atoms with Gasteiger partial charge in [0.05, 0.1) is 22.3 Å². The summed E-state index contributed by atoms with van der Waals surface area (Å²) in [6, 6.07) is 20.2. The van der Waals surface area contributed by atoms with E-state index in [-0.39, 0.29) is 40.8 Å². The zero-order valence-corrected chi connectivity index (χ0v) is 22.8. The molecule has 43 heavy (non-hydrogen) atoms. The third-order valence-corrected chi connectivity index (χ3v) is 7.61. The monoisotopic (exact) mass is 595 g/mol. The summed E-state index contributed by atoms with van der Waals surface area (Å²) in [5.74, 6) is 0.541. The van der Waals surface area contributed by atoms with Crippen molar-refractivity contribution in [3.05, 3.63) is 88.8 Å². The molecule has 6 aromatic rings. The van der Waals surface area contributed by atoms with Gasteiger partial charge in [0.2, 0.25) is 23.8 Å². The van der Waals surface area contributed by atoms with Crippen LogP contribution in [0.15, 0.2) is 82.5 Å². The minimum absolute atomic E-state index is 0.0735. The number of amides is 1. The van der Waals surface area contributed by atoms with Crippen molar-refractivity contribution < 1.29 is 17.8 Å². The van der Waals surface area contributed by atoms with Crippen LogP contribution in [0.4, 0.5) is 40.6 Å². The molecule has 2 aromatic heterocycles. The molecule has 3 heterocycles. The van der Waals surface area contributed by atoms with Gasteiger partial charge in [0.1, 0.15) is 0 Å². The summed E-state index contributed by atoms with van der Waals surface area (Å²) in [6.07, 6.45) is 0.277. The average Bonchev–Trinajstić information content (AvgIpc) is 3.51. The van der Waals surface area contributed by atoms with Crippen molar-refractivity contribution in [2.45, 2.75) is 11.3 Å². The number of nitrogens with zero attached hydrogens (tertiary/aromatic N) is 3. The molecule has 0 fully saturated rings. The number of nitrogens with one attached hydrogen (secondary N) is 6. The Morgan fingerprint density at radius 2 is 1.26 bits per heavy atom. The number of rotatable bonds is 7. The van der Waals surface area contributed by atoms with Crippen LogP contribution in [0.2, 0.25) is 0 Å². The van der Waals surface area contributed by atoms with Crippen LogP contribution >= 0.6 is 0 Å². The highest BCUT2D eigenvalue weighted by molar-refractivity contribution is 7.85. The Labute approximate surface area is 242 Å². The van der Waals surface area contributed by atoms with Gasteiger partial charge in [-0.05, 0) is 77.0 Å². The second kappa shape index (κ2) is 9.93. The lowest BCUT2D eigenvalue weighted by molar-refractivity contribution is -0.115. The Morgan fingerprint density at radius 1 is 0.674 bits per heavy atom. The van der Waals surface area contributed by atoms with E-state index in [1.165, 1.54) is 12.1 Å². The quantitative estimate of drug-likeness (QED) is 0.130. The molecule has 1 amide bonds. The summed E-state index contributed by atoms with van der Waals surface area (Å²) in [5, 5.41) is 13.6. The molecule has 1 aliphatic rings. The van der Waals surface area contributed by atoms with E-state index in [1.807, 2.05) is 6.07 Å². The molecule has 7 rings (SSSR count). The molecule has 0 aliphatic carbocycles. The number of aromatic amines is 2. The SMILES string of the molecule is O=C1Cc2cc(Nc3nc(Nc4ccc5cc(S(=O)(=O)O)ccc5c4)nc(Nc4ccc5[nH]c(=O)[nH]c5c4)n3)ccc2N1. The average molecular weight is 596 g/mol. The minimum atomic E-state index is -4.33. The first kappa shape index (κ1) is 26.1. The first-order valence-corrected chi connectivity index (χ1v) is 14.3. The second-order valence-corrected chi connectivity index (χ2v) is 11.2. The molecule has 214 valence electrons. The fourth-order valence-electron chi connectivity index (χ4n) is 4.81. The van der Waals surface area contributed by atoms with E-state index in [9.17, 15) is 22.6 Å². The van der Waals surface area contributed by atoms with Crippen LogP contribution in [-0.2, 0) is 21.3 Å². The van der Waals surface area contributed by atoms with E-state index in [4.69, 9.17) is 0 Å². The first-order valence-electron chi connectivity index (χ1n) is 12.9. The van der Waals surface area contributed by atoms with Crippen LogP contribution in [0, 0.1) is 0 Å². The fraction of sp³-hybridized carbons (Fsp3) is 0.0357. The predicted octanol–water partition coefficient (Wildman–Crippen LogP) is 4.17. The highest BCUT2D eigenvalue weighted by Crippen LogP contribution is 2.29. The molecule has 7 N–H and O–H groups in total. The Kier molecular flexibility index (Phi) is 6.03. The van der Waals surface area contributed by atoms with Crippen molar-refractivity contribution in [3.8, 4) is 0 Å². The van der Waals surface area contributed by atoms with Gasteiger partial charge in [-0.2, -0.15) is 23.4 Å². The maximum absolute atomic E-state index is 11.8. The molecular formula is C28H21N9O5S. The van der Waals surface area contributed by atoms with Gasteiger partial charge >= 0.3 is 5.69 Å². The summed E-state index contributed by atoms with van der Waals surface area (Å²) in [7, 11) is -4.33. The Balaban J connectivity index is 1.22. The maximum atomic E-state index is 11.8. The number of carbonyl (C=O) groups excluding carboxylic acids is 1. The summed E-state index contributed by atoms with van der Waals surface area (Å²) in [6.45, 7) is 0. The van der Waals surface area contributed by atoms with Gasteiger partial charge in [-0.25, -0.2) is 4.79 Å². The molecule has 1 aliphatic heterocycles. The van der Waals surface area contributed by atoms with E-state index in [0.29, 0.717) is 33.5 Å². The van der Waals surface area contributed by atoms with E-state index >= 15 is 0 Å². The van der Waals surface area contributed by atoms with Crippen molar-refractivity contribution in [2.75, 3.05) is 21.3 Å². The molecule has 14 nitrogen and oxygen atoms in total. The third kappa shape index (κ3) is 5.44. The molecule has 4 aromatic carbocycles. The molecule has 0 saturated carbocycles. The largest absolute Gasteiger partial charge is 0.326 e. The summed E-state index contributed by atoms with van der Waals surface area (Å²) in [4.78, 5) is 42.2. The standard InChI is InChI=1S/C28H21N9O5S/c38-24-12-16-10-18(4-7-21(16)32-24)30-26-35-25(29-17-3-1-15-11-20(43(40,41)42)6-2-14(15)9-17)36-27(37-26)31-19-5-8-22-23(13-19)34-28(39)33-22/h1-11,13H,12H2,(H,32,38)(H2,33,34,39)(H,40,41,42)(H3,29,30,31,35,36,37). The topological polar surface area (TPSA) is 207 Å². The number of fused-ring (bicyclic) bond motifs is 3. The molecule has 0 saturated heterocycles. The number of aromatic nitrogens is 5. The third-order valence-electron chi connectivity index (χ3n) is 6.76. The molecule has 0 bridgehead atoms. The highest BCUT2D eigenvalue weighted by atomic mass is 32.2. The number of anilines is 7.